The zero-order valence-corrected chi connectivity index (χ0v) is 6.31. The van der Waals surface area contributed by atoms with Crippen molar-refractivity contribution in [2.75, 3.05) is 13.2 Å². The standard InChI is InChI=1S/C8H15NO/c9-8(2-3-8)5-7-1-4-10-6-7/h7H,1-6,9H2. The highest BCUT2D eigenvalue weighted by molar-refractivity contribution is 5.00. The molecule has 1 aliphatic carbocycles. The Morgan fingerprint density at radius 2 is 2.30 bits per heavy atom. The predicted octanol–water partition coefficient (Wildman–Crippen LogP) is 0.904. The minimum absolute atomic E-state index is 0.234. The van der Waals surface area contributed by atoms with Crippen LogP contribution in [0, 0.1) is 5.92 Å². The Labute approximate surface area is 61.7 Å². The lowest BCUT2D eigenvalue weighted by atomic mass is 9.98. The van der Waals surface area contributed by atoms with Gasteiger partial charge in [0.25, 0.3) is 0 Å². The second-order valence-corrected chi connectivity index (χ2v) is 3.80. The van der Waals surface area contributed by atoms with Crippen LogP contribution < -0.4 is 5.73 Å². The molecule has 1 aliphatic heterocycles. The fourth-order valence-corrected chi connectivity index (χ4v) is 1.68. The Bertz CT molecular complexity index is 125. The molecule has 0 aromatic rings. The largest absolute Gasteiger partial charge is 0.381 e. The third-order valence-electron chi connectivity index (χ3n) is 2.61. The lowest BCUT2D eigenvalue weighted by molar-refractivity contribution is 0.182. The van der Waals surface area contributed by atoms with E-state index in [-0.39, 0.29) is 5.54 Å². The summed E-state index contributed by atoms with van der Waals surface area (Å²) in [6, 6.07) is 0. The first-order valence-electron chi connectivity index (χ1n) is 4.15. The van der Waals surface area contributed by atoms with E-state index >= 15 is 0 Å². The van der Waals surface area contributed by atoms with Crippen molar-refractivity contribution in [3.63, 3.8) is 0 Å². The van der Waals surface area contributed by atoms with Crippen molar-refractivity contribution in [3.05, 3.63) is 0 Å². The first kappa shape index (κ1) is 6.62. The van der Waals surface area contributed by atoms with Gasteiger partial charge in [-0.05, 0) is 31.6 Å². The molecule has 1 heterocycles. The Hall–Kier alpha value is -0.0800. The van der Waals surface area contributed by atoms with Crippen LogP contribution in [0.1, 0.15) is 25.7 Å². The molecule has 2 N–H and O–H groups in total. The normalized spacial score (nSPS) is 36.3. The summed E-state index contributed by atoms with van der Waals surface area (Å²) in [6.45, 7) is 1.92. The van der Waals surface area contributed by atoms with E-state index in [9.17, 15) is 0 Å². The van der Waals surface area contributed by atoms with E-state index in [4.69, 9.17) is 10.5 Å². The maximum absolute atomic E-state index is 5.97. The first-order valence-corrected chi connectivity index (χ1v) is 4.15. The second-order valence-electron chi connectivity index (χ2n) is 3.80. The molecule has 2 fully saturated rings. The summed E-state index contributed by atoms with van der Waals surface area (Å²) in [5.74, 6) is 0.771. The van der Waals surface area contributed by atoms with Crippen LogP contribution in [0.15, 0.2) is 0 Å². The Balaban J connectivity index is 1.78. The molecule has 0 aromatic heterocycles. The highest BCUT2D eigenvalue weighted by Crippen LogP contribution is 2.39. The molecule has 0 spiro atoms. The lowest BCUT2D eigenvalue weighted by Gasteiger charge is -2.12. The number of hydrogen-bond acceptors (Lipinski definition) is 2. The molecule has 2 rings (SSSR count). The van der Waals surface area contributed by atoms with E-state index in [0.717, 1.165) is 19.1 Å². The van der Waals surface area contributed by atoms with Crippen molar-refractivity contribution in [3.8, 4) is 0 Å². The van der Waals surface area contributed by atoms with Crippen molar-refractivity contribution in [1.82, 2.24) is 0 Å². The molecule has 0 bridgehead atoms. The third kappa shape index (κ3) is 1.32. The van der Waals surface area contributed by atoms with Crippen molar-refractivity contribution in [1.29, 1.82) is 0 Å². The SMILES string of the molecule is NC1(CC2CCOC2)CC1. The van der Waals surface area contributed by atoms with Crippen LogP contribution in [0.4, 0.5) is 0 Å². The van der Waals surface area contributed by atoms with Gasteiger partial charge in [-0.3, -0.25) is 0 Å². The average molecular weight is 141 g/mol. The van der Waals surface area contributed by atoms with Crippen LogP contribution in [0.25, 0.3) is 0 Å². The van der Waals surface area contributed by atoms with Crippen LogP contribution in [0.5, 0.6) is 0 Å². The molecule has 2 heteroatoms. The highest BCUT2D eigenvalue weighted by atomic mass is 16.5. The smallest absolute Gasteiger partial charge is 0.0495 e. The summed E-state index contributed by atoms with van der Waals surface area (Å²) in [5, 5.41) is 0. The van der Waals surface area contributed by atoms with Gasteiger partial charge in [-0.1, -0.05) is 0 Å². The van der Waals surface area contributed by atoms with Gasteiger partial charge in [-0.25, -0.2) is 0 Å². The van der Waals surface area contributed by atoms with Gasteiger partial charge in [-0.15, -0.1) is 0 Å². The second kappa shape index (κ2) is 2.21. The molecule has 1 saturated heterocycles. The van der Waals surface area contributed by atoms with Gasteiger partial charge < -0.3 is 10.5 Å². The van der Waals surface area contributed by atoms with Crippen LogP contribution in [0.3, 0.4) is 0 Å². The number of ether oxygens (including phenoxy) is 1. The van der Waals surface area contributed by atoms with Crippen molar-refractivity contribution in [2.45, 2.75) is 31.2 Å². The molecule has 1 atom stereocenters. The molecule has 2 nitrogen and oxygen atoms in total. The Kier molecular flexibility index (Phi) is 1.46. The average Bonchev–Trinajstić information content (AvgIpc) is 2.47. The molecule has 0 amide bonds. The van der Waals surface area contributed by atoms with Crippen molar-refractivity contribution >= 4 is 0 Å². The molecular weight excluding hydrogens is 126 g/mol. The van der Waals surface area contributed by atoms with Crippen LogP contribution in [-0.4, -0.2) is 18.8 Å². The van der Waals surface area contributed by atoms with Gasteiger partial charge in [-0.2, -0.15) is 0 Å². The van der Waals surface area contributed by atoms with Gasteiger partial charge in [0.2, 0.25) is 0 Å². The minimum Gasteiger partial charge on any atom is -0.381 e. The summed E-state index contributed by atoms with van der Waals surface area (Å²) in [5.41, 5.74) is 6.21. The van der Waals surface area contributed by atoms with E-state index in [1.807, 2.05) is 0 Å². The highest BCUT2D eigenvalue weighted by Gasteiger charge is 2.40. The van der Waals surface area contributed by atoms with Crippen molar-refractivity contribution < 1.29 is 4.74 Å². The monoisotopic (exact) mass is 141 g/mol. The molecule has 0 aromatic carbocycles. The zero-order chi connectivity index (χ0) is 7.03. The van der Waals surface area contributed by atoms with E-state index in [1.165, 1.54) is 25.7 Å². The molecular formula is C8H15NO. The number of nitrogens with two attached hydrogens (primary N) is 1. The quantitative estimate of drug-likeness (QED) is 0.620. The summed E-state index contributed by atoms with van der Waals surface area (Å²) in [6.07, 6.45) is 4.92. The minimum atomic E-state index is 0.234. The van der Waals surface area contributed by atoms with Crippen LogP contribution in [-0.2, 0) is 4.74 Å². The Morgan fingerprint density at radius 3 is 2.80 bits per heavy atom. The molecule has 0 radical (unpaired) electrons. The van der Waals surface area contributed by atoms with Gasteiger partial charge in [0, 0.05) is 18.8 Å². The lowest BCUT2D eigenvalue weighted by Crippen LogP contribution is -2.25. The summed E-state index contributed by atoms with van der Waals surface area (Å²) in [7, 11) is 0. The molecule has 58 valence electrons. The van der Waals surface area contributed by atoms with Crippen molar-refractivity contribution in [2.24, 2.45) is 11.7 Å². The van der Waals surface area contributed by atoms with Gasteiger partial charge in [0.1, 0.15) is 0 Å². The van der Waals surface area contributed by atoms with E-state index < -0.39 is 0 Å². The third-order valence-corrected chi connectivity index (χ3v) is 2.61. The molecule has 2 aliphatic rings. The molecule has 1 unspecified atom stereocenters. The number of hydrogen-bond donors (Lipinski definition) is 1. The zero-order valence-electron chi connectivity index (χ0n) is 6.31. The fourth-order valence-electron chi connectivity index (χ4n) is 1.68. The van der Waals surface area contributed by atoms with E-state index in [0.29, 0.717) is 0 Å². The fraction of sp³-hybridized carbons (Fsp3) is 1.00. The van der Waals surface area contributed by atoms with E-state index in [1.54, 1.807) is 0 Å². The summed E-state index contributed by atoms with van der Waals surface area (Å²) in [4.78, 5) is 0. The van der Waals surface area contributed by atoms with Gasteiger partial charge in [0.05, 0.1) is 0 Å². The first-order chi connectivity index (χ1) is 4.79. The van der Waals surface area contributed by atoms with Crippen LogP contribution in [0.2, 0.25) is 0 Å². The summed E-state index contributed by atoms with van der Waals surface area (Å²) >= 11 is 0. The van der Waals surface area contributed by atoms with Crippen LogP contribution >= 0.6 is 0 Å². The topological polar surface area (TPSA) is 35.2 Å². The summed E-state index contributed by atoms with van der Waals surface area (Å²) < 4.78 is 5.28. The predicted molar refractivity (Wildman–Crippen MR) is 39.7 cm³/mol. The molecule has 10 heavy (non-hydrogen) atoms. The maximum atomic E-state index is 5.97. The molecule has 1 saturated carbocycles. The van der Waals surface area contributed by atoms with Gasteiger partial charge >= 0.3 is 0 Å². The number of rotatable bonds is 2. The maximum Gasteiger partial charge on any atom is 0.0495 e. The Morgan fingerprint density at radius 1 is 1.50 bits per heavy atom. The van der Waals surface area contributed by atoms with Gasteiger partial charge in [0.15, 0.2) is 0 Å². The van der Waals surface area contributed by atoms with E-state index in [2.05, 4.69) is 0 Å².